The number of para-hydroxylation sites is 3. The molecule has 0 radical (unpaired) electrons. The predicted molar refractivity (Wildman–Crippen MR) is 269 cm³/mol. The summed E-state index contributed by atoms with van der Waals surface area (Å²) in [4.78, 5) is 5.01. The first-order valence-electron chi connectivity index (χ1n) is 27.6. The third kappa shape index (κ3) is 6.81. The summed E-state index contributed by atoms with van der Waals surface area (Å²) in [5, 5.41) is 4.05. The molecule has 3 aromatic heterocycles. The summed E-state index contributed by atoms with van der Waals surface area (Å²) in [5.41, 5.74) is 6.96. The lowest BCUT2D eigenvalue weighted by molar-refractivity contribution is -0.571. The van der Waals surface area contributed by atoms with Crippen molar-refractivity contribution in [3.05, 3.63) is 193 Å². The second-order valence-corrected chi connectivity index (χ2v) is 23.2. The first kappa shape index (κ1) is 30.2. The lowest BCUT2D eigenvalue weighted by Gasteiger charge is -2.34. The summed E-state index contributed by atoms with van der Waals surface area (Å²) in [5.74, 6) is 2.04. The van der Waals surface area contributed by atoms with Gasteiger partial charge in [0.1, 0.15) is 17.3 Å². The SMILES string of the molecule is [2H]c1c([2H])c([2H])c(-c2cccc(-c3c([2H])c([2H])c([2H])c([2H])c3[2H])c2-[n+]2[c-]n(-c3cccc(Oc4ccc5c6cc7c(cc6n(-c6cc(C(C)(C)C)ccn6)c5c4)CCC[Si]74CCCC4)c3)c3ccccc32)c([2H])c1[2H]. The van der Waals surface area contributed by atoms with Crippen LogP contribution in [0.5, 0.6) is 11.5 Å². The molecule has 0 saturated carbocycles. The molecule has 0 N–H and O–H groups in total. The molecule has 2 aliphatic rings. The molecular formula is C59H52N4OSi. The number of hydrogen-bond acceptors (Lipinski definition) is 2. The van der Waals surface area contributed by atoms with Crippen LogP contribution in [0.1, 0.15) is 64.9 Å². The zero-order valence-corrected chi connectivity index (χ0v) is 37.6. The highest BCUT2D eigenvalue weighted by atomic mass is 28.3. The fraction of sp³-hybridized carbons (Fsp3) is 0.186. The molecule has 0 amide bonds. The van der Waals surface area contributed by atoms with E-state index in [0.29, 0.717) is 28.2 Å². The molecule has 0 bridgehead atoms. The van der Waals surface area contributed by atoms with Crippen molar-refractivity contribution in [3.8, 4) is 50.9 Å². The normalized spacial score (nSPS) is 16.8. The Balaban J connectivity index is 1.02. The van der Waals surface area contributed by atoms with Gasteiger partial charge in [0.15, 0.2) is 0 Å². The third-order valence-electron chi connectivity index (χ3n) is 13.7. The van der Waals surface area contributed by atoms with Crippen molar-refractivity contribution < 1.29 is 23.0 Å². The summed E-state index contributed by atoms with van der Waals surface area (Å²) >= 11 is 0. The van der Waals surface area contributed by atoms with Crippen molar-refractivity contribution in [3.63, 3.8) is 0 Å². The van der Waals surface area contributed by atoms with Crippen LogP contribution in [-0.2, 0) is 11.8 Å². The molecule has 0 atom stereocenters. The van der Waals surface area contributed by atoms with Crippen molar-refractivity contribution >= 4 is 46.1 Å². The summed E-state index contributed by atoms with van der Waals surface area (Å²) in [7, 11) is -1.56. The van der Waals surface area contributed by atoms with E-state index in [1.807, 2.05) is 65.4 Å². The minimum Gasteiger partial charge on any atom is -0.458 e. The number of benzene rings is 7. The van der Waals surface area contributed by atoms with Gasteiger partial charge < -0.3 is 4.74 Å². The van der Waals surface area contributed by atoms with E-state index < -0.39 is 68.5 Å². The van der Waals surface area contributed by atoms with Crippen molar-refractivity contribution in [1.82, 2.24) is 14.1 Å². The smallest absolute Gasteiger partial charge is 0.269 e. The van der Waals surface area contributed by atoms with Crippen LogP contribution < -0.4 is 14.5 Å². The Hall–Kier alpha value is -7.02. The number of fused-ring (bicyclic) bond motifs is 6. The third-order valence-corrected chi connectivity index (χ3v) is 19.3. The Bertz CT molecular complexity index is 3900. The number of aromatic nitrogens is 4. The van der Waals surface area contributed by atoms with Crippen LogP contribution >= 0.6 is 0 Å². The van der Waals surface area contributed by atoms with Gasteiger partial charge in [-0.3, -0.25) is 13.7 Å². The van der Waals surface area contributed by atoms with E-state index in [4.69, 9.17) is 23.4 Å². The maximum absolute atomic E-state index is 9.06. The number of aryl methyl sites for hydroxylation is 1. The molecule has 65 heavy (non-hydrogen) atoms. The number of ether oxygens (including phenoxy) is 1. The Morgan fingerprint density at radius 3 is 2.11 bits per heavy atom. The number of pyridine rings is 1. The topological polar surface area (TPSA) is 35.9 Å². The lowest BCUT2D eigenvalue weighted by Crippen LogP contribution is -2.49. The highest BCUT2D eigenvalue weighted by Gasteiger charge is 2.41. The average Bonchev–Trinajstić information content (AvgIpc) is 4.13. The summed E-state index contributed by atoms with van der Waals surface area (Å²) in [6.07, 6.45) is 10.4. The standard InChI is InChI=1S/C59H52N4OSi/c1-59(2,3)44-30-31-60-57(36-44)63-54-35-43-21-16-34-65(32-12-13-33-65)56(43)39-51(54)50-29-28-47(38-55(50)63)64-46-23-14-22-45(37-46)61-40-62(53-27-11-10-26-52(53)61)58-48(41-17-6-4-7-18-41)24-15-25-49(58)42-19-8-5-9-20-42/h4-11,14-15,17-20,22-31,35-39H,12-13,16,21,32-34H2,1-3H3/i4D,5D,6D,7D,8D,9D,17D,18D,19D,20D. The molecule has 10 aromatic rings. The molecule has 0 aliphatic carbocycles. The van der Waals surface area contributed by atoms with Crippen LogP contribution in [0, 0.1) is 6.33 Å². The molecule has 318 valence electrons. The van der Waals surface area contributed by atoms with Gasteiger partial charge in [0.2, 0.25) is 0 Å². The second kappa shape index (κ2) is 15.6. The summed E-state index contributed by atoms with van der Waals surface area (Å²) in [6.45, 7) is 6.67. The maximum Gasteiger partial charge on any atom is 0.269 e. The van der Waals surface area contributed by atoms with Crippen LogP contribution in [0.15, 0.2) is 176 Å². The van der Waals surface area contributed by atoms with E-state index in [9.17, 15) is 0 Å². The Morgan fingerprint density at radius 1 is 0.662 bits per heavy atom. The summed E-state index contributed by atoms with van der Waals surface area (Å²) < 4.78 is 100.0. The Morgan fingerprint density at radius 2 is 1.35 bits per heavy atom. The van der Waals surface area contributed by atoms with Crippen LogP contribution in [0.2, 0.25) is 18.1 Å². The first-order valence-corrected chi connectivity index (χ1v) is 25.2. The summed E-state index contributed by atoms with van der Waals surface area (Å²) in [6, 6.07) is 34.5. The number of nitrogens with zero attached hydrogens (tertiary/aromatic N) is 4. The van der Waals surface area contributed by atoms with Gasteiger partial charge in [-0.05, 0) is 93.7 Å². The van der Waals surface area contributed by atoms with E-state index in [1.165, 1.54) is 53.9 Å². The number of rotatable bonds is 7. The molecule has 5 nitrogen and oxygen atoms in total. The highest BCUT2D eigenvalue weighted by molar-refractivity contribution is 6.93. The number of imidazole rings is 1. The van der Waals surface area contributed by atoms with E-state index in [-0.39, 0.29) is 33.4 Å². The van der Waals surface area contributed by atoms with Crippen molar-refractivity contribution in [1.29, 1.82) is 0 Å². The maximum atomic E-state index is 9.06. The highest BCUT2D eigenvalue weighted by Crippen LogP contribution is 2.42. The van der Waals surface area contributed by atoms with Gasteiger partial charge in [0.05, 0.1) is 55.2 Å². The fourth-order valence-electron chi connectivity index (χ4n) is 10.6. The zero-order chi connectivity index (χ0) is 52.4. The molecule has 12 rings (SSSR count). The Labute approximate surface area is 396 Å². The quantitative estimate of drug-likeness (QED) is 0.0909. The lowest BCUT2D eigenvalue weighted by atomic mass is 9.88. The van der Waals surface area contributed by atoms with E-state index in [1.54, 1.807) is 28.0 Å². The van der Waals surface area contributed by atoms with Crippen LogP contribution in [-0.4, -0.2) is 22.2 Å². The van der Waals surface area contributed by atoms with Crippen LogP contribution in [0.25, 0.3) is 72.3 Å². The van der Waals surface area contributed by atoms with Gasteiger partial charge in [-0.25, -0.2) is 4.98 Å². The van der Waals surface area contributed by atoms with E-state index in [2.05, 4.69) is 68.1 Å². The molecule has 6 heteroatoms. The van der Waals surface area contributed by atoms with Crippen LogP contribution in [0.3, 0.4) is 0 Å². The fourth-order valence-corrected chi connectivity index (χ4v) is 16.2. The molecule has 1 fully saturated rings. The van der Waals surface area contributed by atoms with E-state index >= 15 is 0 Å². The molecule has 2 aliphatic heterocycles. The van der Waals surface area contributed by atoms with Crippen molar-refractivity contribution in [2.45, 2.75) is 70.0 Å². The zero-order valence-electron chi connectivity index (χ0n) is 46.6. The van der Waals surface area contributed by atoms with Crippen molar-refractivity contribution in [2.75, 3.05) is 0 Å². The van der Waals surface area contributed by atoms with Gasteiger partial charge in [-0.2, -0.15) is 0 Å². The monoisotopic (exact) mass is 870 g/mol. The van der Waals surface area contributed by atoms with Gasteiger partial charge in [-0.1, -0.05) is 178 Å². The van der Waals surface area contributed by atoms with Gasteiger partial charge in [-0.15, -0.1) is 0 Å². The molecular weight excluding hydrogens is 809 g/mol. The Kier molecular flexibility index (Phi) is 7.24. The molecule has 1 spiro atoms. The number of hydrogen-bond donors (Lipinski definition) is 0. The molecule has 0 unspecified atom stereocenters. The molecule has 7 aromatic carbocycles. The molecule has 1 saturated heterocycles. The van der Waals surface area contributed by atoms with Crippen molar-refractivity contribution in [2.24, 2.45) is 0 Å². The minimum atomic E-state index is -1.56. The second-order valence-electron chi connectivity index (χ2n) is 18.6. The first-order chi connectivity index (χ1) is 36.0. The van der Waals surface area contributed by atoms with Gasteiger partial charge in [0, 0.05) is 23.0 Å². The molecule has 5 heterocycles. The minimum absolute atomic E-state index is 0.0858. The largest absolute Gasteiger partial charge is 0.458 e. The van der Waals surface area contributed by atoms with E-state index in [0.717, 1.165) is 28.7 Å². The van der Waals surface area contributed by atoms with Gasteiger partial charge in [0.25, 0.3) is 6.33 Å². The average molecular weight is 871 g/mol. The predicted octanol–water partition coefficient (Wildman–Crippen LogP) is 14.0. The van der Waals surface area contributed by atoms with Gasteiger partial charge >= 0.3 is 0 Å². The van der Waals surface area contributed by atoms with Crippen LogP contribution in [0.4, 0.5) is 0 Å².